The molecule has 0 bridgehead atoms. The van der Waals surface area contributed by atoms with Crippen molar-refractivity contribution in [3.8, 4) is 0 Å². The average molecular weight is 442 g/mol. The van der Waals surface area contributed by atoms with Crippen molar-refractivity contribution >= 4 is 39.1 Å². The highest BCUT2D eigenvalue weighted by atomic mass is 32.1. The Morgan fingerprint density at radius 3 is 2.77 bits per heavy atom. The molecule has 1 aromatic carbocycles. The summed E-state index contributed by atoms with van der Waals surface area (Å²) < 4.78 is 6.47. The van der Waals surface area contributed by atoms with Gasteiger partial charge in [-0.3, -0.25) is 14.2 Å². The number of hydrogen-bond donors (Lipinski definition) is 1. The summed E-state index contributed by atoms with van der Waals surface area (Å²) in [5, 5.41) is 4.71. The SMILES string of the molecule is CCCCOC(=O)c1csc2ncn(CC(=O)Nc3c(C)cccc3C(C)C)c(=O)c12. The molecule has 0 saturated carbocycles. The molecule has 164 valence electrons. The molecule has 0 aliphatic carbocycles. The first-order valence-corrected chi connectivity index (χ1v) is 11.2. The first-order valence-electron chi connectivity index (χ1n) is 10.4. The Hall–Kier alpha value is -3.00. The molecule has 8 heteroatoms. The van der Waals surface area contributed by atoms with E-state index in [1.807, 2.05) is 32.0 Å². The zero-order valence-corrected chi connectivity index (χ0v) is 19.0. The highest BCUT2D eigenvalue weighted by Gasteiger charge is 2.20. The molecule has 31 heavy (non-hydrogen) atoms. The number of nitrogens with zero attached hydrogens (tertiary/aromatic N) is 2. The number of thiophene rings is 1. The van der Waals surface area contributed by atoms with E-state index >= 15 is 0 Å². The minimum atomic E-state index is -0.540. The van der Waals surface area contributed by atoms with Gasteiger partial charge in [0.05, 0.1) is 23.9 Å². The molecule has 0 atom stereocenters. The lowest BCUT2D eigenvalue weighted by atomic mass is 9.98. The molecule has 2 heterocycles. The summed E-state index contributed by atoms with van der Waals surface area (Å²) >= 11 is 1.21. The Kier molecular flexibility index (Phi) is 7.22. The van der Waals surface area contributed by atoms with Gasteiger partial charge in [0.1, 0.15) is 11.4 Å². The fourth-order valence-electron chi connectivity index (χ4n) is 3.29. The van der Waals surface area contributed by atoms with Gasteiger partial charge in [0, 0.05) is 11.1 Å². The van der Waals surface area contributed by atoms with Crippen LogP contribution in [-0.2, 0) is 16.1 Å². The predicted molar refractivity (Wildman–Crippen MR) is 123 cm³/mol. The fourth-order valence-corrected chi connectivity index (χ4v) is 4.16. The number of nitrogens with one attached hydrogen (secondary N) is 1. The lowest BCUT2D eigenvalue weighted by Gasteiger charge is -2.16. The summed E-state index contributed by atoms with van der Waals surface area (Å²) in [7, 11) is 0. The van der Waals surface area contributed by atoms with E-state index in [0.717, 1.165) is 29.7 Å². The standard InChI is InChI=1S/C23H27N3O4S/c1-5-6-10-30-23(29)17-12-31-21-19(17)22(28)26(13-24-21)11-18(27)25-20-15(4)8-7-9-16(20)14(2)3/h7-9,12-14H,5-6,10-11H2,1-4H3,(H,25,27). The van der Waals surface area contributed by atoms with Crippen molar-refractivity contribution in [1.29, 1.82) is 0 Å². The number of carbonyl (C=O) groups excluding carboxylic acids is 2. The van der Waals surface area contributed by atoms with Crippen LogP contribution in [0.1, 0.15) is 61.0 Å². The zero-order chi connectivity index (χ0) is 22.5. The predicted octanol–water partition coefficient (Wildman–Crippen LogP) is 4.49. The largest absolute Gasteiger partial charge is 0.462 e. The van der Waals surface area contributed by atoms with Gasteiger partial charge in [-0.1, -0.05) is 45.4 Å². The van der Waals surface area contributed by atoms with Gasteiger partial charge >= 0.3 is 5.97 Å². The van der Waals surface area contributed by atoms with Crippen molar-refractivity contribution in [1.82, 2.24) is 9.55 Å². The van der Waals surface area contributed by atoms with Gasteiger partial charge in [0.2, 0.25) is 5.91 Å². The molecule has 3 rings (SSSR count). The Balaban J connectivity index is 1.85. The minimum Gasteiger partial charge on any atom is -0.462 e. The van der Waals surface area contributed by atoms with E-state index in [2.05, 4.69) is 24.1 Å². The number of rotatable bonds is 8. The maximum Gasteiger partial charge on any atom is 0.339 e. The summed E-state index contributed by atoms with van der Waals surface area (Å²) in [6, 6.07) is 5.87. The first-order chi connectivity index (χ1) is 14.8. The van der Waals surface area contributed by atoms with Crippen LogP contribution in [0.5, 0.6) is 0 Å². The van der Waals surface area contributed by atoms with Gasteiger partial charge in [-0.15, -0.1) is 11.3 Å². The van der Waals surface area contributed by atoms with Crippen LogP contribution >= 0.6 is 11.3 Å². The van der Waals surface area contributed by atoms with Gasteiger partial charge in [-0.25, -0.2) is 9.78 Å². The molecule has 0 aliphatic heterocycles. The Morgan fingerprint density at radius 2 is 2.06 bits per heavy atom. The van der Waals surface area contributed by atoms with E-state index in [9.17, 15) is 14.4 Å². The zero-order valence-electron chi connectivity index (χ0n) is 18.2. The molecule has 0 radical (unpaired) electrons. The highest BCUT2D eigenvalue weighted by molar-refractivity contribution is 7.17. The third-order valence-corrected chi connectivity index (χ3v) is 5.90. The van der Waals surface area contributed by atoms with Crippen LogP contribution in [-0.4, -0.2) is 28.0 Å². The smallest absolute Gasteiger partial charge is 0.339 e. The van der Waals surface area contributed by atoms with Crippen LogP contribution in [0, 0.1) is 6.92 Å². The number of unbranched alkanes of at least 4 members (excludes halogenated alkanes) is 1. The maximum atomic E-state index is 13.0. The van der Waals surface area contributed by atoms with Crippen molar-refractivity contribution in [2.45, 2.75) is 53.0 Å². The molecule has 0 unspecified atom stereocenters. The lowest BCUT2D eigenvalue weighted by molar-refractivity contribution is -0.116. The molecule has 3 aromatic rings. The van der Waals surface area contributed by atoms with Crippen molar-refractivity contribution < 1.29 is 14.3 Å². The second kappa shape index (κ2) is 9.87. The second-order valence-electron chi connectivity index (χ2n) is 7.74. The van der Waals surface area contributed by atoms with Crippen molar-refractivity contribution in [2.24, 2.45) is 0 Å². The third-order valence-electron chi connectivity index (χ3n) is 5.02. The molecular weight excluding hydrogens is 414 g/mol. The number of aryl methyl sites for hydroxylation is 1. The molecule has 0 saturated heterocycles. The lowest BCUT2D eigenvalue weighted by Crippen LogP contribution is -2.28. The molecular formula is C23H27N3O4S. The van der Waals surface area contributed by atoms with Crippen LogP contribution in [0.2, 0.25) is 0 Å². The number of carbonyl (C=O) groups is 2. The third kappa shape index (κ3) is 5.02. The number of anilines is 1. The molecule has 7 nitrogen and oxygen atoms in total. The summed E-state index contributed by atoms with van der Waals surface area (Å²) in [4.78, 5) is 42.9. The normalized spacial score (nSPS) is 11.1. The van der Waals surface area contributed by atoms with Crippen LogP contribution < -0.4 is 10.9 Å². The Bertz CT molecular complexity index is 1160. The molecule has 0 fully saturated rings. The molecule has 1 amide bonds. The van der Waals surface area contributed by atoms with Crippen LogP contribution in [0.3, 0.4) is 0 Å². The number of benzene rings is 1. The summed E-state index contributed by atoms with van der Waals surface area (Å²) in [5.41, 5.74) is 2.52. The molecule has 0 spiro atoms. The summed E-state index contributed by atoms with van der Waals surface area (Å²) in [6.07, 6.45) is 3.00. The second-order valence-corrected chi connectivity index (χ2v) is 8.60. The van der Waals surface area contributed by atoms with E-state index in [4.69, 9.17) is 4.74 Å². The number of ether oxygens (including phenoxy) is 1. The van der Waals surface area contributed by atoms with E-state index in [1.165, 1.54) is 22.2 Å². The number of hydrogen-bond acceptors (Lipinski definition) is 6. The van der Waals surface area contributed by atoms with E-state index in [1.54, 1.807) is 5.38 Å². The summed E-state index contributed by atoms with van der Waals surface area (Å²) in [6.45, 7) is 8.16. The number of aromatic nitrogens is 2. The van der Waals surface area contributed by atoms with Crippen molar-refractivity contribution in [3.63, 3.8) is 0 Å². The average Bonchev–Trinajstić information content (AvgIpc) is 3.16. The first kappa shape index (κ1) is 22.7. The van der Waals surface area contributed by atoms with Crippen molar-refractivity contribution in [3.05, 3.63) is 57.0 Å². The van der Waals surface area contributed by atoms with Crippen LogP contribution in [0.15, 0.2) is 34.7 Å². The highest BCUT2D eigenvalue weighted by Crippen LogP contribution is 2.27. The maximum absolute atomic E-state index is 13.0. The fraction of sp³-hybridized carbons (Fsp3) is 0.391. The van der Waals surface area contributed by atoms with Crippen LogP contribution in [0.4, 0.5) is 5.69 Å². The number of esters is 1. The number of para-hydroxylation sites is 1. The van der Waals surface area contributed by atoms with Gasteiger partial charge in [0.25, 0.3) is 5.56 Å². The van der Waals surface area contributed by atoms with Crippen LogP contribution in [0.25, 0.3) is 10.2 Å². The Morgan fingerprint density at radius 1 is 1.29 bits per heavy atom. The number of fused-ring (bicyclic) bond motifs is 1. The van der Waals surface area contributed by atoms with Gasteiger partial charge in [-0.05, 0) is 30.4 Å². The quantitative estimate of drug-likeness (QED) is 0.411. The van der Waals surface area contributed by atoms with Gasteiger partial charge < -0.3 is 10.1 Å². The van der Waals surface area contributed by atoms with Gasteiger partial charge in [-0.2, -0.15) is 0 Å². The van der Waals surface area contributed by atoms with E-state index < -0.39 is 11.5 Å². The topological polar surface area (TPSA) is 90.3 Å². The van der Waals surface area contributed by atoms with Crippen molar-refractivity contribution in [2.75, 3.05) is 11.9 Å². The monoisotopic (exact) mass is 441 g/mol. The Labute approximate surface area is 185 Å². The summed E-state index contributed by atoms with van der Waals surface area (Å²) in [5.74, 6) is -0.632. The number of amides is 1. The van der Waals surface area contributed by atoms with Gasteiger partial charge in [0.15, 0.2) is 0 Å². The minimum absolute atomic E-state index is 0.195. The molecule has 1 N–H and O–H groups in total. The molecule has 2 aromatic heterocycles. The van der Waals surface area contributed by atoms with E-state index in [0.29, 0.717) is 11.4 Å². The van der Waals surface area contributed by atoms with E-state index in [-0.39, 0.29) is 29.3 Å². The molecule has 0 aliphatic rings.